The van der Waals surface area contributed by atoms with Crippen LogP contribution in [0.25, 0.3) is 0 Å². The maximum Gasteiger partial charge on any atom is 0.252 e. The molecule has 1 aliphatic rings. The molecular formula is C14H18BrNO3. The highest BCUT2D eigenvalue weighted by Gasteiger charge is 2.33. The number of amides is 1. The summed E-state index contributed by atoms with van der Waals surface area (Å²) >= 11 is 3.48. The SMILES string of the molecule is Cc1c(O)cccc1C(=O)NC1(CBr)CCOCC1. The first-order chi connectivity index (χ1) is 9.08. The average Bonchev–Trinajstić information content (AvgIpc) is 2.42. The molecule has 0 atom stereocenters. The van der Waals surface area contributed by atoms with Gasteiger partial charge in [-0.2, -0.15) is 0 Å². The molecule has 1 aliphatic heterocycles. The molecule has 0 bridgehead atoms. The van der Waals surface area contributed by atoms with E-state index in [1.807, 2.05) is 0 Å². The monoisotopic (exact) mass is 327 g/mol. The number of aromatic hydroxyl groups is 1. The first-order valence-electron chi connectivity index (χ1n) is 6.33. The standard InChI is InChI=1S/C14H18BrNO3/c1-10-11(3-2-4-12(10)17)13(18)16-14(9-15)5-7-19-8-6-14/h2-4,17H,5-9H2,1H3,(H,16,18). The van der Waals surface area contributed by atoms with E-state index in [2.05, 4.69) is 21.2 Å². The lowest BCUT2D eigenvalue weighted by molar-refractivity contribution is 0.0441. The quantitative estimate of drug-likeness (QED) is 0.838. The average molecular weight is 328 g/mol. The highest BCUT2D eigenvalue weighted by atomic mass is 79.9. The lowest BCUT2D eigenvalue weighted by Crippen LogP contribution is -2.53. The second-order valence-corrected chi connectivity index (χ2v) is 5.49. The predicted octanol–water partition coefficient (Wildman–Crippen LogP) is 2.37. The summed E-state index contributed by atoms with van der Waals surface area (Å²) in [6.07, 6.45) is 1.59. The molecule has 2 rings (SSSR count). The van der Waals surface area contributed by atoms with E-state index >= 15 is 0 Å². The van der Waals surface area contributed by atoms with Gasteiger partial charge in [0.1, 0.15) is 5.75 Å². The minimum atomic E-state index is -0.257. The fourth-order valence-electron chi connectivity index (χ4n) is 2.23. The molecule has 1 aromatic carbocycles. The van der Waals surface area contributed by atoms with Crippen molar-refractivity contribution in [3.8, 4) is 5.75 Å². The third kappa shape index (κ3) is 3.09. The normalized spacial score (nSPS) is 18.0. The molecular weight excluding hydrogens is 310 g/mol. The van der Waals surface area contributed by atoms with Gasteiger partial charge < -0.3 is 15.2 Å². The highest BCUT2D eigenvalue weighted by molar-refractivity contribution is 9.09. The maximum atomic E-state index is 12.4. The number of hydrogen-bond donors (Lipinski definition) is 2. The number of halogens is 1. The number of phenolic OH excluding ortho intramolecular Hbond substituents is 1. The Morgan fingerprint density at radius 3 is 2.79 bits per heavy atom. The van der Waals surface area contributed by atoms with Crippen molar-refractivity contribution in [2.75, 3.05) is 18.5 Å². The number of nitrogens with one attached hydrogen (secondary N) is 1. The van der Waals surface area contributed by atoms with E-state index in [4.69, 9.17) is 4.74 Å². The Morgan fingerprint density at radius 2 is 2.16 bits per heavy atom. The summed E-state index contributed by atoms with van der Waals surface area (Å²) in [5.41, 5.74) is 0.872. The Hall–Kier alpha value is -1.07. The second-order valence-electron chi connectivity index (χ2n) is 4.93. The van der Waals surface area contributed by atoms with Crippen LogP contribution >= 0.6 is 15.9 Å². The number of alkyl halides is 1. The van der Waals surface area contributed by atoms with Crippen LogP contribution in [-0.2, 0) is 4.74 Å². The van der Waals surface area contributed by atoms with Crippen LogP contribution in [0.4, 0.5) is 0 Å². The summed E-state index contributed by atoms with van der Waals surface area (Å²) in [7, 11) is 0. The van der Waals surface area contributed by atoms with Gasteiger partial charge in [-0.1, -0.05) is 22.0 Å². The predicted molar refractivity (Wildman–Crippen MR) is 76.9 cm³/mol. The number of carbonyl (C=O) groups excluding carboxylic acids is 1. The van der Waals surface area contributed by atoms with Gasteiger partial charge in [0.25, 0.3) is 5.91 Å². The summed E-state index contributed by atoms with van der Waals surface area (Å²) in [6, 6.07) is 4.99. The van der Waals surface area contributed by atoms with Gasteiger partial charge in [0.05, 0.1) is 5.54 Å². The highest BCUT2D eigenvalue weighted by Crippen LogP contribution is 2.25. The van der Waals surface area contributed by atoms with Crippen molar-refractivity contribution in [3.63, 3.8) is 0 Å². The summed E-state index contributed by atoms with van der Waals surface area (Å²) in [5, 5.41) is 13.5. The topological polar surface area (TPSA) is 58.6 Å². The Bertz CT molecular complexity index is 470. The van der Waals surface area contributed by atoms with Crippen LogP contribution in [0.2, 0.25) is 0 Å². The van der Waals surface area contributed by atoms with Crippen molar-refractivity contribution in [2.45, 2.75) is 25.3 Å². The fourth-order valence-corrected chi connectivity index (χ4v) is 2.93. The van der Waals surface area contributed by atoms with Crippen LogP contribution in [0.3, 0.4) is 0 Å². The Labute approximate surface area is 121 Å². The van der Waals surface area contributed by atoms with Crippen LogP contribution in [0.15, 0.2) is 18.2 Å². The molecule has 0 aliphatic carbocycles. The Kier molecular flexibility index (Phi) is 4.47. The van der Waals surface area contributed by atoms with Gasteiger partial charge in [0, 0.05) is 29.7 Å². The molecule has 0 saturated carbocycles. The number of benzene rings is 1. The van der Waals surface area contributed by atoms with Gasteiger partial charge in [-0.25, -0.2) is 0 Å². The molecule has 1 amide bonds. The first kappa shape index (κ1) is 14.3. The maximum absolute atomic E-state index is 12.4. The van der Waals surface area contributed by atoms with Crippen LogP contribution in [0.1, 0.15) is 28.8 Å². The first-order valence-corrected chi connectivity index (χ1v) is 7.45. The lowest BCUT2D eigenvalue weighted by Gasteiger charge is -2.36. The van der Waals surface area contributed by atoms with E-state index in [1.165, 1.54) is 0 Å². The molecule has 4 nitrogen and oxygen atoms in total. The fraction of sp³-hybridized carbons (Fsp3) is 0.500. The van der Waals surface area contributed by atoms with E-state index in [0.29, 0.717) is 29.7 Å². The summed E-state index contributed by atoms with van der Waals surface area (Å²) < 4.78 is 5.34. The van der Waals surface area contributed by atoms with Crippen LogP contribution in [0.5, 0.6) is 5.75 Å². The van der Waals surface area contributed by atoms with Crippen LogP contribution in [-0.4, -0.2) is 35.1 Å². The van der Waals surface area contributed by atoms with Gasteiger partial charge in [-0.3, -0.25) is 4.79 Å². The van der Waals surface area contributed by atoms with Crippen molar-refractivity contribution in [1.82, 2.24) is 5.32 Å². The minimum Gasteiger partial charge on any atom is -0.508 e. The summed E-state index contributed by atoms with van der Waals surface area (Å²) in [4.78, 5) is 12.4. The third-order valence-electron chi connectivity index (χ3n) is 3.63. The van der Waals surface area contributed by atoms with Crippen LogP contribution < -0.4 is 5.32 Å². The number of hydrogen-bond acceptors (Lipinski definition) is 3. The van der Waals surface area contributed by atoms with E-state index in [-0.39, 0.29) is 17.2 Å². The molecule has 1 fully saturated rings. The summed E-state index contributed by atoms with van der Waals surface area (Å²) in [5.74, 6) is 0.00210. The number of ether oxygens (including phenoxy) is 1. The molecule has 2 N–H and O–H groups in total. The van der Waals surface area contributed by atoms with Gasteiger partial charge in [0.2, 0.25) is 0 Å². The molecule has 1 saturated heterocycles. The zero-order valence-corrected chi connectivity index (χ0v) is 12.5. The lowest BCUT2D eigenvalue weighted by atomic mass is 9.91. The molecule has 19 heavy (non-hydrogen) atoms. The smallest absolute Gasteiger partial charge is 0.252 e. The van der Waals surface area contributed by atoms with Crippen LogP contribution in [0, 0.1) is 6.92 Å². The molecule has 0 aromatic heterocycles. The summed E-state index contributed by atoms with van der Waals surface area (Å²) in [6.45, 7) is 3.06. The van der Waals surface area contributed by atoms with Gasteiger partial charge >= 0.3 is 0 Å². The van der Waals surface area contributed by atoms with Crippen molar-refractivity contribution >= 4 is 21.8 Å². The van der Waals surface area contributed by atoms with E-state index in [1.54, 1.807) is 25.1 Å². The van der Waals surface area contributed by atoms with E-state index in [0.717, 1.165) is 12.8 Å². The molecule has 0 spiro atoms. The van der Waals surface area contributed by atoms with Crippen molar-refractivity contribution in [1.29, 1.82) is 0 Å². The van der Waals surface area contributed by atoms with E-state index < -0.39 is 0 Å². The van der Waals surface area contributed by atoms with Crippen molar-refractivity contribution in [3.05, 3.63) is 29.3 Å². The molecule has 1 aromatic rings. The molecule has 0 radical (unpaired) electrons. The number of phenols is 1. The molecule has 5 heteroatoms. The zero-order valence-electron chi connectivity index (χ0n) is 10.9. The number of carbonyl (C=O) groups is 1. The van der Waals surface area contributed by atoms with Gasteiger partial charge in [-0.05, 0) is 31.9 Å². The van der Waals surface area contributed by atoms with Gasteiger partial charge in [0.15, 0.2) is 0 Å². The van der Waals surface area contributed by atoms with E-state index in [9.17, 15) is 9.90 Å². The van der Waals surface area contributed by atoms with Crippen molar-refractivity contribution in [2.24, 2.45) is 0 Å². The Morgan fingerprint density at radius 1 is 1.47 bits per heavy atom. The van der Waals surface area contributed by atoms with Crippen molar-refractivity contribution < 1.29 is 14.6 Å². The Balaban J connectivity index is 2.17. The minimum absolute atomic E-state index is 0.144. The zero-order chi connectivity index (χ0) is 13.9. The molecule has 0 unspecified atom stereocenters. The second kappa shape index (κ2) is 5.92. The molecule has 1 heterocycles. The third-order valence-corrected chi connectivity index (χ3v) is 4.71. The number of rotatable bonds is 3. The largest absolute Gasteiger partial charge is 0.508 e. The molecule has 104 valence electrons. The van der Waals surface area contributed by atoms with Gasteiger partial charge in [-0.15, -0.1) is 0 Å².